The van der Waals surface area contributed by atoms with Crippen LogP contribution in [0.1, 0.15) is 11.1 Å². The van der Waals surface area contributed by atoms with Crippen LogP contribution in [0.15, 0.2) is 24.3 Å². The zero-order valence-corrected chi connectivity index (χ0v) is 11.4. The van der Waals surface area contributed by atoms with Crippen molar-refractivity contribution in [1.29, 1.82) is 0 Å². The summed E-state index contributed by atoms with van der Waals surface area (Å²) in [6.07, 6.45) is -3.29. The summed E-state index contributed by atoms with van der Waals surface area (Å²) >= 11 is 0. The summed E-state index contributed by atoms with van der Waals surface area (Å²) in [7, 11) is 1.05. The van der Waals surface area contributed by atoms with Crippen LogP contribution in [0.4, 0.5) is 18.0 Å². The van der Waals surface area contributed by atoms with Gasteiger partial charge >= 0.3 is 12.2 Å². The average Bonchev–Trinajstić information content (AvgIpc) is 2.75. The van der Waals surface area contributed by atoms with Crippen molar-refractivity contribution >= 4 is 12.3 Å². The van der Waals surface area contributed by atoms with E-state index < -0.39 is 24.3 Å². The number of hydrogen-bond donors (Lipinski definition) is 1. The lowest BCUT2D eigenvalue weighted by molar-refractivity contribution is -0.137. The van der Waals surface area contributed by atoms with Gasteiger partial charge in [-0.3, -0.25) is 0 Å². The first-order valence-electron chi connectivity index (χ1n) is 6.38. The molecule has 1 aromatic carbocycles. The number of urea groups is 1. The smallest absolute Gasteiger partial charge is 0.325 e. The molecule has 2 rings (SSSR count). The van der Waals surface area contributed by atoms with Crippen LogP contribution in [-0.4, -0.2) is 42.5 Å². The zero-order valence-electron chi connectivity index (χ0n) is 11.4. The Morgan fingerprint density at radius 2 is 1.86 bits per heavy atom. The van der Waals surface area contributed by atoms with Gasteiger partial charge in [0.15, 0.2) is 0 Å². The van der Waals surface area contributed by atoms with Crippen LogP contribution in [0, 0.1) is 0 Å². The van der Waals surface area contributed by atoms with E-state index in [9.17, 15) is 22.8 Å². The van der Waals surface area contributed by atoms with Crippen molar-refractivity contribution in [1.82, 2.24) is 10.2 Å². The minimum atomic E-state index is -4.47. The van der Waals surface area contributed by atoms with E-state index in [1.165, 1.54) is 0 Å². The molecule has 7 heteroatoms. The number of hydrogen-bond acceptors (Lipinski definition) is 2. The van der Waals surface area contributed by atoms with E-state index in [4.69, 9.17) is 0 Å². The molecule has 114 valence electrons. The summed E-state index contributed by atoms with van der Waals surface area (Å²) in [4.78, 5) is 23.8. The summed E-state index contributed by atoms with van der Waals surface area (Å²) < 4.78 is 36.8. The number of nitrogens with zero attached hydrogens (tertiary/aromatic N) is 1. The standard InChI is InChI=1S/C14H15F3N2O2/c1-19(8-14(15,16)17)12(21)18-13(9-20)6-10-4-2-3-5-11(10)7-13/h2-5,9H,6-8H2,1H3,(H,18,21). The number of carbonyl (C=O) groups is 2. The maximum atomic E-state index is 12.3. The lowest BCUT2D eigenvalue weighted by Crippen LogP contribution is -2.55. The second-order valence-corrected chi connectivity index (χ2v) is 5.30. The number of nitrogens with one attached hydrogen (secondary N) is 1. The highest BCUT2D eigenvalue weighted by Gasteiger charge is 2.40. The minimum Gasteiger partial charge on any atom is -0.325 e. The van der Waals surface area contributed by atoms with Crippen LogP contribution in [0.5, 0.6) is 0 Å². The molecule has 0 spiro atoms. The van der Waals surface area contributed by atoms with Gasteiger partial charge in [0.2, 0.25) is 0 Å². The summed E-state index contributed by atoms with van der Waals surface area (Å²) in [5.41, 5.74) is 0.674. The van der Waals surface area contributed by atoms with Crippen molar-refractivity contribution in [3.63, 3.8) is 0 Å². The van der Waals surface area contributed by atoms with Crippen molar-refractivity contribution < 1.29 is 22.8 Å². The van der Waals surface area contributed by atoms with Gasteiger partial charge in [-0.25, -0.2) is 4.79 Å². The number of alkyl halides is 3. The van der Waals surface area contributed by atoms with E-state index in [2.05, 4.69) is 5.32 Å². The lowest BCUT2D eigenvalue weighted by Gasteiger charge is -2.28. The maximum absolute atomic E-state index is 12.3. The second kappa shape index (κ2) is 5.38. The predicted molar refractivity (Wildman–Crippen MR) is 69.9 cm³/mol. The van der Waals surface area contributed by atoms with Crippen molar-refractivity contribution in [3.8, 4) is 0 Å². The fourth-order valence-electron chi connectivity index (χ4n) is 2.49. The minimum absolute atomic E-state index is 0.290. The second-order valence-electron chi connectivity index (χ2n) is 5.30. The van der Waals surface area contributed by atoms with Crippen LogP contribution < -0.4 is 5.32 Å². The number of rotatable bonds is 3. The Morgan fingerprint density at radius 1 is 1.33 bits per heavy atom. The molecule has 0 atom stereocenters. The third-order valence-electron chi connectivity index (χ3n) is 3.47. The number of amides is 2. The zero-order chi connectivity index (χ0) is 15.7. The molecule has 0 unspecified atom stereocenters. The van der Waals surface area contributed by atoms with Gasteiger partial charge < -0.3 is 15.0 Å². The third-order valence-corrected chi connectivity index (χ3v) is 3.47. The molecular weight excluding hydrogens is 285 g/mol. The molecule has 0 aliphatic heterocycles. The lowest BCUT2D eigenvalue weighted by atomic mass is 9.98. The van der Waals surface area contributed by atoms with Crippen LogP contribution >= 0.6 is 0 Å². The molecule has 1 aromatic rings. The highest BCUT2D eigenvalue weighted by atomic mass is 19.4. The van der Waals surface area contributed by atoms with Crippen molar-refractivity contribution in [2.75, 3.05) is 13.6 Å². The Labute approximate surface area is 119 Å². The summed E-state index contributed by atoms with van der Waals surface area (Å²) in [5, 5.41) is 2.43. The average molecular weight is 300 g/mol. The van der Waals surface area contributed by atoms with E-state index in [0.717, 1.165) is 18.2 Å². The van der Waals surface area contributed by atoms with E-state index in [-0.39, 0.29) is 12.8 Å². The Hall–Kier alpha value is -2.05. The molecule has 0 heterocycles. The first-order chi connectivity index (χ1) is 9.75. The molecule has 1 aliphatic rings. The highest BCUT2D eigenvalue weighted by Crippen LogP contribution is 2.29. The van der Waals surface area contributed by atoms with Gasteiger partial charge in [-0.15, -0.1) is 0 Å². The van der Waals surface area contributed by atoms with E-state index in [1.807, 2.05) is 24.3 Å². The Balaban J connectivity index is 2.08. The molecular formula is C14H15F3N2O2. The molecule has 0 radical (unpaired) electrons. The summed E-state index contributed by atoms with van der Waals surface area (Å²) in [6, 6.07) is 6.40. The molecule has 4 nitrogen and oxygen atoms in total. The van der Waals surface area contributed by atoms with Crippen LogP contribution in [-0.2, 0) is 17.6 Å². The quantitative estimate of drug-likeness (QED) is 0.867. The van der Waals surface area contributed by atoms with Gasteiger partial charge in [0.1, 0.15) is 18.4 Å². The SMILES string of the molecule is CN(CC(F)(F)F)C(=O)NC1(C=O)Cc2ccccc2C1. The van der Waals surface area contributed by atoms with Crippen LogP contribution in [0.2, 0.25) is 0 Å². The predicted octanol–water partition coefficient (Wildman–Crippen LogP) is 1.93. The first-order valence-corrected chi connectivity index (χ1v) is 6.38. The van der Waals surface area contributed by atoms with Gasteiger partial charge in [-0.1, -0.05) is 24.3 Å². The molecule has 0 saturated carbocycles. The third kappa shape index (κ3) is 3.53. The number of carbonyl (C=O) groups excluding carboxylic acids is 2. The molecule has 21 heavy (non-hydrogen) atoms. The van der Waals surface area contributed by atoms with Crippen molar-refractivity contribution in [3.05, 3.63) is 35.4 Å². The van der Waals surface area contributed by atoms with Gasteiger partial charge in [0, 0.05) is 19.9 Å². The van der Waals surface area contributed by atoms with E-state index in [0.29, 0.717) is 11.2 Å². The fourth-order valence-corrected chi connectivity index (χ4v) is 2.49. The van der Waals surface area contributed by atoms with E-state index >= 15 is 0 Å². The summed E-state index contributed by atoms with van der Waals surface area (Å²) in [5.74, 6) is 0. The van der Waals surface area contributed by atoms with Gasteiger partial charge in [-0.2, -0.15) is 13.2 Å². The van der Waals surface area contributed by atoms with Crippen molar-refractivity contribution in [2.45, 2.75) is 24.6 Å². The number of halogens is 3. The normalized spacial score (nSPS) is 16.2. The molecule has 0 fully saturated rings. The number of benzene rings is 1. The molecule has 2 amide bonds. The fraction of sp³-hybridized carbons (Fsp3) is 0.429. The first kappa shape index (κ1) is 15.3. The van der Waals surface area contributed by atoms with Crippen LogP contribution in [0.3, 0.4) is 0 Å². The molecule has 1 N–H and O–H groups in total. The van der Waals surface area contributed by atoms with E-state index in [1.54, 1.807) is 0 Å². The molecule has 0 aromatic heterocycles. The van der Waals surface area contributed by atoms with Gasteiger partial charge in [-0.05, 0) is 11.1 Å². The maximum Gasteiger partial charge on any atom is 0.406 e. The van der Waals surface area contributed by atoms with Crippen molar-refractivity contribution in [2.24, 2.45) is 0 Å². The highest BCUT2D eigenvalue weighted by molar-refractivity contribution is 5.81. The van der Waals surface area contributed by atoms with Crippen LogP contribution in [0.25, 0.3) is 0 Å². The monoisotopic (exact) mass is 300 g/mol. The Morgan fingerprint density at radius 3 is 2.29 bits per heavy atom. The number of aldehydes is 1. The Bertz CT molecular complexity index is 532. The number of fused-ring (bicyclic) bond motifs is 1. The molecule has 1 aliphatic carbocycles. The van der Waals surface area contributed by atoms with Gasteiger partial charge in [0.05, 0.1) is 0 Å². The Kier molecular flexibility index (Phi) is 3.93. The topological polar surface area (TPSA) is 49.4 Å². The van der Waals surface area contributed by atoms with Gasteiger partial charge in [0.25, 0.3) is 0 Å². The molecule has 0 saturated heterocycles. The summed E-state index contributed by atoms with van der Waals surface area (Å²) in [6.45, 7) is -1.36. The molecule has 0 bridgehead atoms. The largest absolute Gasteiger partial charge is 0.406 e.